The molecule has 19 heavy (non-hydrogen) atoms. The van der Waals surface area contributed by atoms with E-state index in [4.69, 9.17) is 0 Å². The lowest BCUT2D eigenvalue weighted by atomic mass is 9.84. The molecule has 2 aliphatic carbocycles. The van der Waals surface area contributed by atoms with E-state index in [1.165, 1.54) is 19.3 Å². The summed E-state index contributed by atoms with van der Waals surface area (Å²) in [4.78, 5) is 28.4. The minimum absolute atomic E-state index is 0.272. The highest BCUT2D eigenvalue weighted by Gasteiger charge is 2.33. The largest absolute Gasteiger partial charge is 0.339 e. The Kier molecular flexibility index (Phi) is 3.76. The molecular formula is C15H24N2O2. The Bertz CT molecular complexity index is 351. The van der Waals surface area contributed by atoms with E-state index in [-0.39, 0.29) is 11.8 Å². The second-order valence-corrected chi connectivity index (χ2v) is 6.26. The molecule has 0 spiro atoms. The van der Waals surface area contributed by atoms with E-state index in [2.05, 4.69) is 0 Å². The molecule has 0 aromatic carbocycles. The predicted octanol–water partition coefficient (Wildman–Crippen LogP) is 1.65. The van der Waals surface area contributed by atoms with Gasteiger partial charge in [0.25, 0.3) is 0 Å². The van der Waals surface area contributed by atoms with Gasteiger partial charge >= 0.3 is 0 Å². The third kappa shape index (κ3) is 2.63. The molecule has 1 saturated heterocycles. The lowest BCUT2D eigenvalue weighted by Gasteiger charge is -2.39. The number of hydrogen-bond donors (Lipinski definition) is 0. The highest BCUT2D eigenvalue weighted by Crippen LogP contribution is 2.29. The van der Waals surface area contributed by atoms with Gasteiger partial charge in [0.2, 0.25) is 11.8 Å². The first-order chi connectivity index (χ1) is 9.25. The minimum Gasteiger partial charge on any atom is -0.339 e. The zero-order chi connectivity index (χ0) is 13.2. The zero-order valence-electron chi connectivity index (χ0n) is 11.6. The quantitative estimate of drug-likeness (QED) is 0.761. The van der Waals surface area contributed by atoms with Gasteiger partial charge in [-0.2, -0.15) is 0 Å². The van der Waals surface area contributed by atoms with Crippen LogP contribution in [0.1, 0.15) is 44.9 Å². The second kappa shape index (κ2) is 5.51. The van der Waals surface area contributed by atoms with E-state index >= 15 is 0 Å². The first-order valence-electron chi connectivity index (χ1n) is 7.83. The van der Waals surface area contributed by atoms with Crippen molar-refractivity contribution >= 4 is 11.8 Å². The first kappa shape index (κ1) is 12.9. The monoisotopic (exact) mass is 264 g/mol. The van der Waals surface area contributed by atoms with Crippen LogP contribution in [0.15, 0.2) is 0 Å². The molecule has 0 aromatic rings. The van der Waals surface area contributed by atoms with Gasteiger partial charge in [0.1, 0.15) is 0 Å². The van der Waals surface area contributed by atoms with Crippen molar-refractivity contribution in [2.75, 3.05) is 26.2 Å². The highest BCUT2D eigenvalue weighted by atomic mass is 16.2. The Morgan fingerprint density at radius 3 is 1.32 bits per heavy atom. The fourth-order valence-electron chi connectivity index (χ4n) is 3.49. The molecule has 0 radical (unpaired) electrons. The molecule has 1 heterocycles. The molecular weight excluding hydrogens is 240 g/mol. The molecule has 3 fully saturated rings. The van der Waals surface area contributed by atoms with Gasteiger partial charge in [-0.1, -0.05) is 19.3 Å². The minimum atomic E-state index is 0.272. The Balaban J connectivity index is 1.48. The van der Waals surface area contributed by atoms with E-state index in [1.807, 2.05) is 9.80 Å². The summed E-state index contributed by atoms with van der Waals surface area (Å²) in [5.74, 6) is 1.23. The van der Waals surface area contributed by atoms with Crippen molar-refractivity contribution in [1.29, 1.82) is 0 Å². The SMILES string of the molecule is O=C(C1CCCC1)N1CCN(C(=O)C2CCC2)CC1. The summed E-state index contributed by atoms with van der Waals surface area (Å²) in [6, 6.07) is 0. The molecule has 4 nitrogen and oxygen atoms in total. The van der Waals surface area contributed by atoms with Gasteiger partial charge in [-0.15, -0.1) is 0 Å². The number of nitrogens with zero attached hydrogens (tertiary/aromatic N) is 2. The maximum Gasteiger partial charge on any atom is 0.225 e. The van der Waals surface area contributed by atoms with Crippen molar-refractivity contribution in [2.45, 2.75) is 44.9 Å². The van der Waals surface area contributed by atoms with Gasteiger partial charge < -0.3 is 9.80 Å². The summed E-state index contributed by atoms with van der Waals surface area (Å²) in [5.41, 5.74) is 0. The van der Waals surface area contributed by atoms with Crippen molar-refractivity contribution in [2.24, 2.45) is 11.8 Å². The molecule has 0 unspecified atom stereocenters. The summed E-state index contributed by atoms with van der Waals surface area (Å²) < 4.78 is 0. The van der Waals surface area contributed by atoms with Crippen molar-refractivity contribution in [3.05, 3.63) is 0 Å². The fraction of sp³-hybridized carbons (Fsp3) is 0.867. The van der Waals surface area contributed by atoms with E-state index < -0.39 is 0 Å². The summed E-state index contributed by atoms with van der Waals surface area (Å²) in [6.45, 7) is 2.98. The van der Waals surface area contributed by atoms with Crippen molar-refractivity contribution < 1.29 is 9.59 Å². The van der Waals surface area contributed by atoms with Gasteiger partial charge in [-0.05, 0) is 25.7 Å². The van der Waals surface area contributed by atoms with Crippen LogP contribution in [-0.4, -0.2) is 47.8 Å². The smallest absolute Gasteiger partial charge is 0.225 e. The number of piperazine rings is 1. The van der Waals surface area contributed by atoms with Crippen LogP contribution in [0.5, 0.6) is 0 Å². The third-order valence-corrected chi connectivity index (χ3v) is 5.06. The molecule has 3 rings (SSSR count). The normalized spacial score (nSPS) is 25.5. The average molecular weight is 264 g/mol. The topological polar surface area (TPSA) is 40.6 Å². The molecule has 0 bridgehead atoms. The summed E-state index contributed by atoms with van der Waals surface area (Å²) >= 11 is 0. The maximum absolute atomic E-state index is 12.3. The Morgan fingerprint density at radius 1 is 0.632 bits per heavy atom. The Morgan fingerprint density at radius 2 is 1.00 bits per heavy atom. The van der Waals surface area contributed by atoms with E-state index in [0.717, 1.165) is 51.9 Å². The van der Waals surface area contributed by atoms with Gasteiger partial charge in [-0.25, -0.2) is 0 Å². The highest BCUT2D eigenvalue weighted by molar-refractivity contribution is 5.81. The predicted molar refractivity (Wildman–Crippen MR) is 72.5 cm³/mol. The molecule has 3 aliphatic rings. The van der Waals surface area contributed by atoms with Crippen molar-refractivity contribution in [3.63, 3.8) is 0 Å². The molecule has 0 aromatic heterocycles. The first-order valence-corrected chi connectivity index (χ1v) is 7.83. The molecule has 4 heteroatoms. The van der Waals surface area contributed by atoms with E-state index in [0.29, 0.717) is 11.8 Å². The molecule has 2 saturated carbocycles. The molecule has 0 N–H and O–H groups in total. The molecule has 2 amide bonds. The van der Waals surface area contributed by atoms with Gasteiger partial charge in [-0.3, -0.25) is 9.59 Å². The summed E-state index contributed by atoms with van der Waals surface area (Å²) in [5, 5.41) is 0. The van der Waals surface area contributed by atoms with Gasteiger partial charge in [0.15, 0.2) is 0 Å². The number of amides is 2. The van der Waals surface area contributed by atoms with Crippen LogP contribution in [-0.2, 0) is 9.59 Å². The van der Waals surface area contributed by atoms with Gasteiger partial charge in [0.05, 0.1) is 0 Å². The molecule has 1 aliphatic heterocycles. The van der Waals surface area contributed by atoms with Crippen LogP contribution in [0.4, 0.5) is 0 Å². The van der Waals surface area contributed by atoms with Crippen LogP contribution in [0.3, 0.4) is 0 Å². The zero-order valence-corrected chi connectivity index (χ0v) is 11.6. The third-order valence-electron chi connectivity index (χ3n) is 5.06. The number of hydrogen-bond acceptors (Lipinski definition) is 2. The number of carbonyl (C=O) groups excluding carboxylic acids is 2. The lowest BCUT2D eigenvalue weighted by Crippen LogP contribution is -2.53. The Hall–Kier alpha value is -1.06. The van der Waals surface area contributed by atoms with E-state index in [1.54, 1.807) is 0 Å². The maximum atomic E-state index is 12.3. The Labute approximate surface area is 115 Å². The van der Waals surface area contributed by atoms with Crippen LogP contribution >= 0.6 is 0 Å². The van der Waals surface area contributed by atoms with Crippen molar-refractivity contribution in [1.82, 2.24) is 9.80 Å². The van der Waals surface area contributed by atoms with Crippen molar-refractivity contribution in [3.8, 4) is 0 Å². The second-order valence-electron chi connectivity index (χ2n) is 6.26. The number of rotatable bonds is 2. The standard InChI is InChI=1S/C15H24N2O2/c18-14(12-4-1-2-5-12)16-8-10-17(11-9-16)15(19)13-6-3-7-13/h12-13H,1-11H2. The molecule has 106 valence electrons. The van der Waals surface area contributed by atoms with E-state index in [9.17, 15) is 9.59 Å². The summed E-state index contributed by atoms with van der Waals surface area (Å²) in [7, 11) is 0. The lowest BCUT2D eigenvalue weighted by molar-refractivity contribution is -0.145. The van der Waals surface area contributed by atoms with Crippen LogP contribution in [0.2, 0.25) is 0 Å². The molecule has 0 atom stereocenters. The van der Waals surface area contributed by atoms with Crippen LogP contribution < -0.4 is 0 Å². The van der Waals surface area contributed by atoms with Crippen LogP contribution in [0.25, 0.3) is 0 Å². The fourth-order valence-corrected chi connectivity index (χ4v) is 3.49. The summed E-state index contributed by atoms with van der Waals surface area (Å²) in [6.07, 6.45) is 7.89. The van der Waals surface area contributed by atoms with Gasteiger partial charge in [0, 0.05) is 38.0 Å². The average Bonchev–Trinajstić information content (AvgIpc) is 2.90. The van der Waals surface area contributed by atoms with Crippen LogP contribution in [0, 0.1) is 11.8 Å². The number of carbonyl (C=O) groups is 2.